The van der Waals surface area contributed by atoms with Gasteiger partial charge in [-0.2, -0.15) is 0 Å². The van der Waals surface area contributed by atoms with E-state index in [9.17, 15) is 10.1 Å². The molecule has 1 aromatic heterocycles. The van der Waals surface area contributed by atoms with E-state index in [-0.39, 0.29) is 16.7 Å². The molecule has 0 spiro atoms. The molecule has 0 atom stereocenters. The molecule has 0 saturated heterocycles. The number of nitrogens with one attached hydrogen (secondary N) is 1. The molecule has 0 fully saturated rings. The van der Waals surface area contributed by atoms with Gasteiger partial charge in [0.15, 0.2) is 0 Å². The first kappa shape index (κ1) is 12.9. The molecule has 1 aliphatic carbocycles. The van der Waals surface area contributed by atoms with Crippen molar-refractivity contribution in [2.45, 2.75) is 19.3 Å². The molecule has 3 rings (SSSR count). The minimum Gasteiger partial charge on any atom is -0.334 e. The number of nitrogens with zero attached hydrogens (tertiary/aromatic N) is 2. The Morgan fingerprint density at radius 1 is 1.20 bits per heavy atom. The third kappa shape index (κ3) is 2.44. The number of hydrogen-bond donors (Lipinski definition) is 1. The highest BCUT2D eigenvalue weighted by atomic mass is 35.5. The summed E-state index contributed by atoms with van der Waals surface area (Å²) in [6.07, 6.45) is 3.31. The van der Waals surface area contributed by atoms with Crippen LogP contribution in [0.5, 0.6) is 0 Å². The Kier molecular flexibility index (Phi) is 3.28. The number of nitro groups is 1. The van der Waals surface area contributed by atoms with Crippen LogP contribution in [0.3, 0.4) is 0 Å². The first-order chi connectivity index (χ1) is 9.63. The number of aryl methyl sites for hydroxylation is 2. The summed E-state index contributed by atoms with van der Waals surface area (Å²) in [6.45, 7) is 0. The Hall–Kier alpha value is -2.14. The second-order valence-electron chi connectivity index (χ2n) is 4.72. The Labute approximate surface area is 120 Å². The predicted molar refractivity (Wildman–Crippen MR) is 77.7 cm³/mol. The molecule has 6 heteroatoms. The minimum atomic E-state index is -0.473. The van der Waals surface area contributed by atoms with Crippen LogP contribution in [-0.4, -0.2) is 9.91 Å². The molecule has 0 radical (unpaired) electrons. The van der Waals surface area contributed by atoms with Gasteiger partial charge in [-0.25, -0.2) is 4.98 Å². The smallest absolute Gasteiger partial charge is 0.311 e. The van der Waals surface area contributed by atoms with E-state index in [0.29, 0.717) is 0 Å². The number of anilines is 2. The first-order valence-electron chi connectivity index (χ1n) is 6.33. The summed E-state index contributed by atoms with van der Waals surface area (Å²) in [6, 6.07) is 8.75. The number of aromatic nitrogens is 1. The molecule has 1 aromatic carbocycles. The average molecular weight is 290 g/mol. The van der Waals surface area contributed by atoms with Crippen LogP contribution in [0.25, 0.3) is 0 Å². The third-order valence-electron chi connectivity index (χ3n) is 3.40. The molecule has 0 aliphatic heterocycles. The number of benzene rings is 1. The zero-order valence-corrected chi connectivity index (χ0v) is 11.4. The molecule has 1 N–H and O–H groups in total. The van der Waals surface area contributed by atoms with Crippen LogP contribution in [0.1, 0.15) is 17.5 Å². The highest BCUT2D eigenvalue weighted by molar-refractivity contribution is 6.29. The lowest BCUT2D eigenvalue weighted by Crippen LogP contribution is -2.00. The van der Waals surface area contributed by atoms with Crippen molar-refractivity contribution >= 4 is 28.8 Å². The molecule has 0 unspecified atom stereocenters. The van der Waals surface area contributed by atoms with Crippen LogP contribution < -0.4 is 5.32 Å². The SMILES string of the molecule is O=[N+]([O-])c1ccc(Cl)nc1Nc1ccc2c(c1)CCC2. The van der Waals surface area contributed by atoms with Crippen molar-refractivity contribution < 1.29 is 4.92 Å². The van der Waals surface area contributed by atoms with Crippen LogP contribution >= 0.6 is 11.6 Å². The van der Waals surface area contributed by atoms with Crippen molar-refractivity contribution in [3.05, 3.63) is 56.7 Å². The summed E-state index contributed by atoms with van der Waals surface area (Å²) in [5, 5.41) is 14.2. The lowest BCUT2D eigenvalue weighted by Gasteiger charge is -2.08. The molecule has 0 bridgehead atoms. The van der Waals surface area contributed by atoms with Crippen molar-refractivity contribution in [1.29, 1.82) is 0 Å². The van der Waals surface area contributed by atoms with E-state index >= 15 is 0 Å². The van der Waals surface area contributed by atoms with Gasteiger partial charge in [0.2, 0.25) is 5.82 Å². The normalized spacial score (nSPS) is 13.1. The summed E-state index contributed by atoms with van der Waals surface area (Å²) < 4.78 is 0. The van der Waals surface area contributed by atoms with Gasteiger partial charge < -0.3 is 5.32 Å². The standard InChI is InChI=1S/C14H12ClN3O2/c15-13-7-6-12(18(19)20)14(17-13)16-11-5-4-9-2-1-3-10(9)8-11/h4-8H,1-3H2,(H,16,17). The maximum atomic E-state index is 11.0. The quantitative estimate of drug-likeness (QED) is 0.529. The van der Waals surface area contributed by atoms with Gasteiger partial charge in [-0.05, 0) is 48.6 Å². The topological polar surface area (TPSA) is 68.1 Å². The number of halogens is 1. The zero-order chi connectivity index (χ0) is 14.1. The molecule has 0 amide bonds. The van der Waals surface area contributed by atoms with Gasteiger partial charge in [-0.1, -0.05) is 17.7 Å². The van der Waals surface area contributed by atoms with Gasteiger partial charge in [0.25, 0.3) is 0 Å². The second kappa shape index (κ2) is 5.09. The lowest BCUT2D eigenvalue weighted by molar-refractivity contribution is -0.384. The molecular weight excluding hydrogens is 278 g/mol. The second-order valence-corrected chi connectivity index (χ2v) is 5.11. The van der Waals surface area contributed by atoms with Crippen molar-refractivity contribution in [3.63, 3.8) is 0 Å². The van der Waals surface area contributed by atoms with E-state index in [0.717, 1.165) is 24.9 Å². The van der Waals surface area contributed by atoms with Gasteiger partial charge in [0.1, 0.15) is 5.15 Å². The summed E-state index contributed by atoms with van der Waals surface area (Å²) in [5.74, 6) is 0.167. The Morgan fingerprint density at radius 2 is 2.00 bits per heavy atom. The van der Waals surface area contributed by atoms with E-state index < -0.39 is 4.92 Å². The van der Waals surface area contributed by atoms with Crippen LogP contribution in [0, 0.1) is 10.1 Å². The van der Waals surface area contributed by atoms with Gasteiger partial charge in [0.05, 0.1) is 4.92 Å². The van der Waals surface area contributed by atoms with Gasteiger partial charge in [0, 0.05) is 11.8 Å². The summed E-state index contributed by atoms with van der Waals surface area (Å²) in [5.41, 5.74) is 3.35. The van der Waals surface area contributed by atoms with E-state index in [1.807, 2.05) is 12.1 Å². The number of rotatable bonds is 3. The largest absolute Gasteiger partial charge is 0.334 e. The number of pyridine rings is 1. The van der Waals surface area contributed by atoms with Crippen LogP contribution in [0.4, 0.5) is 17.2 Å². The minimum absolute atomic E-state index is 0.0881. The maximum Gasteiger partial charge on any atom is 0.311 e. The molecule has 1 heterocycles. The van der Waals surface area contributed by atoms with Crippen LogP contribution in [-0.2, 0) is 12.8 Å². The fourth-order valence-electron chi connectivity index (χ4n) is 2.45. The number of hydrogen-bond acceptors (Lipinski definition) is 4. The first-order valence-corrected chi connectivity index (χ1v) is 6.71. The predicted octanol–water partition coefficient (Wildman–Crippen LogP) is 3.88. The molecule has 20 heavy (non-hydrogen) atoms. The molecular formula is C14H12ClN3O2. The fraction of sp³-hybridized carbons (Fsp3) is 0.214. The van der Waals surface area contributed by atoms with Crippen molar-refractivity contribution in [3.8, 4) is 0 Å². The van der Waals surface area contributed by atoms with Crippen molar-refractivity contribution in [2.24, 2.45) is 0 Å². The Bertz CT molecular complexity index is 688. The zero-order valence-electron chi connectivity index (χ0n) is 10.6. The third-order valence-corrected chi connectivity index (χ3v) is 3.61. The molecule has 102 valence electrons. The van der Waals surface area contributed by atoms with Gasteiger partial charge >= 0.3 is 5.69 Å². The summed E-state index contributed by atoms with van der Waals surface area (Å²) in [7, 11) is 0. The molecule has 2 aromatic rings. The van der Waals surface area contributed by atoms with E-state index in [1.165, 1.54) is 23.3 Å². The molecule has 0 saturated carbocycles. The van der Waals surface area contributed by atoms with Gasteiger partial charge in [-0.15, -0.1) is 0 Å². The maximum absolute atomic E-state index is 11.0. The lowest BCUT2D eigenvalue weighted by atomic mass is 10.1. The monoisotopic (exact) mass is 289 g/mol. The summed E-state index contributed by atoms with van der Waals surface area (Å²) in [4.78, 5) is 14.5. The van der Waals surface area contributed by atoms with Crippen molar-refractivity contribution in [2.75, 3.05) is 5.32 Å². The highest BCUT2D eigenvalue weighted by Gasteiger charge is 2.17. The van der Waals surface area contributed by atoms with Crippen LogP contribution in [0.15, 0.2) is 30.3 Å². The number of fused-ring (bicyclic) bond motifs is 1. The summed E-state index contributed by atoms with van der Waals surface area (Å²) >= 11 is 5.81. The van der Waals surface area contributed by atoms with Crippen LogP contribution in [0.2, 0.25) is 5.15 Å². The van der Waals surface area contributed by atoms with E-state index in [4.69, 9.17) is 11.6 Å². The van der Waals surface area contributed by atoms with E-state index in [1.54, 1.807) is 0 Å². The Balaban J connectivity index is 1.95. The highest BCUT2D eigenvalue weighted by Crippen LogP contribution is 2.30. The Morgan fingerprint density at radius 3 is 2.80 bits per heavy atom. The van der Waals surface area contributed by atoms with Gasteiger partial charge in [-0.3, -0.25) is 10.1 Å². The van der Waals surface area contributed by atoms with E-state index in [2.05, 4.69) is 16.4 Å². The average Bonchev–Trinajstić information content (AvgIpc) is 2.85. The van der Waals surface area contributed by atoms with Crippen molar-refractivity contribution in [1.82, 2.24) is 4.98 Å². The molecule has 1 aliphatic rings. The molecule has 5 nitrogen and oxygen atoms in total. The fourth-order valence-corrected chi connectivity index (χ4v) is 2.60.